The lowest BCUT2D eigenvalue weighted by molar-refractivity contribution is 0.0953. The molecule has 7 nitrogen and oxygen atoms in total. The van der Waals surface area contributed by atoms with Gasteiger partial charge in [0, 0.05) is 12.4 Å². The van der Waals surface area contributed by atoms with E-state index in [1.165, 1.54) is 24.5 Å². The molecule has 2 N–H and O–H groups in total. The fraction of sp³-hybridized carbons (Fsp3) is 0.353. The SMILES string of the molecule is O=NNC(=O)c1cnc(NC2(c3cccc(F)c3)CCCCC2)nc1. The van der Waals surface area contributed by atoms with E-state index >= 15 is 0 Å². The Balaban J connectivity index is 1.86. The standard InChI is InChI=1S/C17H18FN5O2/c18-14-6-4-5-13(9-14)17(7-2-1-3-8-17)21-16-19-10-12(11-20-16)15(24)22-23-25/h4-6,9-11H,1-3,7-8H2,(H,19,20,21)(H,22,24,25). The molecule has 130 valence electrons. The van der Waals surface area contributed by atoms with Gasteiger partial charge in [-0.05, 0) is 30.5 Å². The number of anilines is 1. The van der Waals surface area contributed by atoms with Crippen LogP contribution in [0, 0.1) is 10.7 Å². The van der Waals surface area contributed by atoms with Crippen molar-refractivity contribution >= 4 is 11.9 Å². The number of carbonyl (C=O) groups excluding carboxylic acids is 1. The lowest BCUT2D eigenvalue weighted by Gasteiger charge is -2.38. The van der Waals surface area contributed by atoms with Crippen molar-refractivity contribution in [2.45, 2.75) is 37.6 Å². The Morgan fingerprint density at radius 1 is 1.16 bits per heavy atom. The first-order valence-electron chi connectivity index (χ1n) is 8.12. The highest BCUT2D eigenvalue weighted by atomic mass is 19.1. The molecule has 1 aromatic carbocycles. The smallest absolute Gasteiger partial charge is 0.277 e. The van der Waals surface area contributed by atoms with Crippen LogP contribution in [-0.2, 0) is 5.54 Å². The monoisotopic (exact) mass is 343 g/mol. The second kappa shape index (κ2) is 7.33. The van der Waals surface area contributed by atoms with Crippen LogP contribution in [-0.4, -0.2) is 15.9 Å². The first-order chi connectivity index (χ1) is 12.1. The van der Waals surface area contributed by atoms with Gasteiger partial charge >= 0.3 is 0 Å². The molecule has 0 saturated heterocycles. The molecule has 0 atom stereocenters. The largest absolute Gasteiger partial charge is 0.345 e. The van der Waals surface area contributed by atoms with Gasteiger partial charge in [-0.15, -0.1) is 4.91 Å². The molecule has 25 heavy (non-hydrogen) atoms. The number of hydrogen-bond acceptors (Lipinski definition) is 6. The number of rotatable bonds is 5. The van der Waals surface area contributed by atoms with E-state index in [9.17, 15) is 14.1 Å². The molecule has 1 saturated carbocycles. The minimum atomic E-state index is -0.668. The Morgan fingerprint density at radius 2 is 1.88 bits per heavy atom. The van der Waals surface area contributed by atoms with Crippen LogP contribution < -0.4 is 10.7 Å². The van der Waals surface area contributed by atoms with Crippen molar-refractivity contribution < 1.29 is 9.18 Å². The maximum atomic E-state index is 13.7. The molecule has 1 aromatic heterocycles. The van der Waals surface area contributed by atoms with E-state index in [2.05, 4.69) is 20.6 Å². The van der Waals surface area contributed by atoms with E-state index in [4.69, 9.17) is 0 Å². The Labute approximate surface area is 144 Å². The normalized spacial score (nSPS) is 16.0. The molecule has 0 radical (unpaired) electrons. The lowest BCUT2D eigenvalue weighted by Crippen LogP contribution is -2.38. The van der Waals surface area contributed by atoms with E-state index in [-0.39, 0.29) is 11.4 Å². The fourth-order valence-electron chi connectivity index (χ4n) is 3.26. The van der Waals surface area contributed by atoms with Crippen LogP contribution in [0.15, 0.2) is 41.9 Å². The summed E-state index contributed by atoms with van der Waals surface area (Å²) >= 11 is 0. The van der Waals surface area contributed by atoms with Gasteiger partial charge in [-0.1, -0.05) is 31.4 Å². The third kappa shape index (κ3) is 3.78. The summed E-state index contributed by atoms with van der Waals surface area (Å²) in [6.45, 7) is 0. The number of nitroso groups, excluding NO2 is 1. The summed E-state index contributed by atoms with van der Waals surface area (Å²) in [5, 5.41) is 5.66. The van der Waals surface area contributed by atoms with Crippen molar-refractivity contribution in [2.24, 2.45) is 5.29 Å². The number of benzene rings is 1. The zero-order valence-electron chi connectivity index (χ0n) is 13.5. The Bertz CT molecular complexity index is 760. The van der Waals surface area contributed by atoms with Gasteiger partial charge in [-0.25, -0.2) is 19.8 Å². The molecule has 8 heteroatoms. The van der Waals surface area contributed by atoms with E-state index in [0.717, 1.165) is 37.7 Å². The topological polar surface area (TPSA) is 96.3 Å². The van der Waals surface area contributed by atoms with Crippen molar-refractivity contribution in [3.8, 4) is 0 Å². The number of carbonyl (C=O) groups is 1. The number of nitrogens with one attached hydrogen (secondary N) is 2. The maximum absolute atomic E-state index is 13.7. The molecule has 1 heterocycles. The van der Waals surface area contributed by atoms with Gasteiger partial charge in [-0.3, -0.25) is 4.79 Å². The van der Waals surface area contributed by atoms with Gasteiger partial charge in [0.05, 0.1) is 16.4 Å². The highest BCUT2D eigenvalue weighted by Gasteiger charge is 2.34. The second-order valence-electron chi connectivity index (χ2n) is 6.11. The minimum Gasteiger partial charge on any atom is -0.345 e. The van der Waals surface area contributed by atoms with Crippen LogP contribution in [0.4, 0.5) is 10.3 Å². The number of hydrogen-bond donors (Lipinski definition) is 2. The molecular formula is C17H18FN5O2. The zero-order chi connectivity index (χ0) is 17.7. The van der Waals surface area contributed by atoms with E-state index in [1.807, 2.05) is 6.07 Å². The van der Waals surface area contributed by atoms with Crippen molar-refractivity contribution in [2.75, 3.05) is 5.32 Å². The lowest BCUT2D eigenvalue weighted by atomic mass is 9.76. The fourth-order valence-corrected chi connectivity index (χ4v) is 3.26. The summed E-state index contributed by atoms with van der Waals surface area (Å²) in [5.74, 6) is -0.598. The molecule has 1 amide bonds. The van der Waals surface area contributed by atoms with Crippen molar-refractivity contribution in [3.05, 3.63) is 58.5 Å². The summed E-state index contributed by atoms with van der Waals surface area (Å²) in [7, 11) is 0. The highest BCUT2D eigenvalue weighted by molar-refractivity contribution is 5.93. The van der Waals surface area contributed by atoms with Crippen LogP contribution in [0.2, 0.25) is 0 Å². The second-order valence-corrected chi connectivity index (χ2v) is 6.11. The average Bonchev–Trinajstić information content (AvgIpc) is 2.63. The Kier molecular flexibility index (Phi) is 4.97. The number of aromatic nitrogens is 2. The summed E-state index contributed by atoms with van der Waals surface area (Å²) in [4.78, 5) is 29.9. The predicted octanol–water partition coefficient (Wildman–Crippen LogP) is 3.30. The molecule has 1 aliphatic carbocycles. The van der Waals surface area contributed by atoms with Crippen LogP contribution in [0.3, 0.4) is 0 Å². The van der Waals surface area contributed by atoms with Crippen molar-refractivity contribution in [1.29, 1.82) is 0 Å². The molecule has 2 aromatic rings. The van der Waals surface area contributed by atoms with Crippen LogP contribution >= 0.6 is 0 Å². The molecule has 0 spiro atoms. The maximum Gasteiger partial charge on any atom is 0.277 e. The van der Waals surface area contributed by atoms with Crippen LogP contribution in [0.25, 0.3) is 0 Å². The molecule has 3 rings (SSSR count). The number of halogens is 1. The van der Waals surface area contributed by atoms with Gasteiger partial charge in [0.1, 0.15) is 5.82 Å². The molecular weight excluding hydrogens is 325 g/mol. The minimum absolute atomic E-state index is 0.133. The predicted molar refractivity (Wildman–Crippen MR) is 90.1 cm³/mol. The first-order valence-corrected chi connectivity index (χ1v) is 8.12. The van der Waals surface area contributed by atoms with Crippen molar-refractivity contribution in [3.63, 3.8) is 0 Å². The summed E-state index contributed by atoms with van der Waals surface area (Å²) < 4.78 is 13.7. The summed E-state index contributed by atoms with van der Waals surface area (Å²) in [6, 6.07) is 6.56. The molecule has 1 fully saturated rings. The summed E-state index contributed by atoms with van der Waals surface area (Å²) in [6.07, 6.45) is 7.51. The third-order valence-corrected chi connectivity index (χ3v) is 4.50. The van der Waals surface area contributed by atoms with E-state index < -0.39 is 11.4 Å². The van der Waals surface area contributed by atoms with Crippen LogP contribution in [0.5, 0.6) is 0 Å². The molecule has 0 unspecified atom stereocenters. The number of amides is 1. The third-order valence-electron chi connectivity index (χ3n) is 4.50. The first kappa shape index (κ1) is 16.9. The van der Waals surface area contributed by atoms with Gasteiger partial charge in [0.25, 0.3) is 5.91 Å². The molecule has 0 aliphatic heterocycles. The molecule has 1 aliphatic rings. The Morgan fingerprint density at radius 3 is 2.52 bits per heavy atom. The van der Waals surface area contributed by atoms with Gasteiger partial charge in [-0.2, -0.15) is 0 Å². The van der Waals surface area contributed by atoms with Gasteiger partial charge in [0.2, 0.25) is 5.95 Å². The number of nitrogens with zero attached hydrogens (tertiary/aromatic N) is 3. The summed E-state index contributed by atoms with van der Waals surface area (Å²) in [5.41, 5.74) is 2.35. The highest BCUT2D eigenvalue weighted by Crippen LogP contribution is 2.39. The Hall–Kier alpha value is -2.90. The van der Waals surface area contributed by atoms with E-state index in [1.54, 1.807) is 11.5 Å². The van der Waals surface area contributed by atoms with Crippen molar-refractivity contribution in [1.82, 2.24) is 15.4 Å². The van der Waals surface area contributed by atoms with Crippen LogP contribution in [0.1, 0.15) is 48.0 Å². The zero-order valence-corrected chi connectivity index (χ0v) is 13.5. The quantitative estimate of drug-likeness (QED) is 0.641. The van der Waals surface area contributed by atoms with E-state index in [0.29, 0.717) is 5.95 Å². The van der Waals surface area contributed by atoms with Gasteiger partial charge < -0.3 is 5.32 Å². The molecule has 0 bridgehead atoms. The average molecular weight is 343 g/mol. The van der Waals surface area contributed by atoms with Gasteiger partial charge in [0.15, 0.2) is 0 Å².